The number of fused-ring (bicyclic) bond motifs is 1. The van der Waals surface area contributed by atoms with E-state index < -0.39 is 17.3 Å². The number of esters is 1. The minimum atomic E-state index is -0.977. The van der Waals surface area contributed by atoms with Gasteiger partial charge >= 0.3 is 5.97 Å². The molecule has 31 heavy (non-hydrogen) atoms. The van der Waals surface area contributed by atoms with Gasteiger partial charge in [0, 0.05) is 24.9 Å². The summed E-state index contributed by atoms with van der Waals surface area (Å²) in [7, 11) is 7.09. The fourth-order valence-electron chi connectivity index (χ4n) is 3.47. The van der Waals surface area contributed by atoms with E-state index in [4.69, 9.17) is 14.2 Å². The van der Waals surface area contributed by atoms with E-state index in [2.05, 4.69) is 0 Å². The van der Waals surface area contributed by atoms with E-state index >= 15 is 0 Å². The number of rotatable bonds is 7. The van der Waals surface area contributed by atoms with Gasteiger partial charge in [0.15, 0.2) is 6.10 Å². The van der Waals surface area contributed by atoms with Crippen molar-refractivity contribution in [3.05, 3.63) is 48.0 Å². The highest BCUT2D eigenvalue weighted by Gasteiger charge is 2.41. The predicted octanol–water partition coefficient (Wildman–Crippen LogP) is 3.38. The first kappa shape index (κ1) is 23.0. The molecule has 2 aromatic rings. The summed E-state index contributed by atoms with van der Waals surface area (Å²) in [6.45, 7) is 2.41. The molecule has 0 bridgehead atoms. The smallest absolute Gasteiger partial charge is 0.303 e. The first-order valence-corrected chi connectivity index (χ1v) is 10.8. The van der Waals surface area contributed by atoms with Crippen molar-refractivity contribution < 1.29 is 23.8 Å². The Hall–Kier alpha value is -2.71. The third-order valence-corrected chi connectivity index (χ3v) is 6.35. The predicted molar refractivity (Wildman–Crippen MR) is 121 cm³/mol. The molecule has 0 fully saturated rings. The number of thioether (sulfide) groups is 1. The lowest BCUT2D eigenvalue weighted by atomic mass is 10.1. The number of ether oxygens (including phenoxy) is 3. The highest BCUT2D eigenvalue weighted by molar-refractivity contribution is 7.99. The Kier molecular flexibility index (Phi) is 7.46. The van der Waals surface area contributed by atoms with Gasteiger partial charge in [-0.2, -0.15) is 0 Å². The second kappa shape index (κ2) is 10.1. The van der Waals surface area contributed by atoms with Crippen molar-refractivity contribution in [1.29, 1.82) is 0 Å². The number of benzene rings is 2. The zero-order valence-corrected chi connectivity index (χ0v) is 19.3. The maximum absolute atomic E-state index is 13.8. The average Bonchev–Trinajstić information content (AvgIpc) is 2.87. The Bertz CT molecular complexity index is 932. The molecule has 0 saturated carbocycles. The van der Waals surface area contributed by atoms with Gasteiger partial charge in [-0.25, -0.2) is 0 Å². The Balaban J connectivity index is 2.13. The Morgan fingerprint density at radius 3 is 2.39 bits per heavy atom. The van der Waals surface area contributed by atoms with Gasteiger partial charge in [-0.3, -0.25) is 9.59 Å². The third kappa shape index (κ3) is 5.14. The van der Waals surface area contributed by atoms with Crippen molar-refractivity contribution in [3.63, 3.8) is 0 Å². The molecule has 7 nitrogen and oxygen atoms in total. The molecule has 0 aromatic heterocycles. The molecule has 0 saturated heterocycles. The van der Waals surface area contributed by atoms with Crippen molar-refractivity contribution in [2.45, 2.75) is 23.2 Å². The summed E-state index contributed by atoms with van der Waals surface area (Å²) < 4.78 is 16.5. The maximum Gasteiger partial charge on any atom is 0.303 e. The summed E-state index contributed by atoms with van der Waals surface area (Å²) in [5.74, 6) is 0.554. The van der Waals surface area contributed by atoms with Crippen LogP contribution in [-0.4, -0.2) is 64.3 Å². The monoisotopic (exact) mass is 444 g/mol. The minimum Gasteiger partial charge on any atom is -0.497 e. The zero-order valence-electron chi connectivity index (χ0n) is 18.5. The van der Waals surface area contributed by atoms with E-state index in [1.54, 1.807) is 19.1 Å². The second-order valence-corrected chi connectivity index (χ2v) is 8.63. The van der Waals surface area contributed by atoms with Crippen molar-refractivity contribution in [2.75, 3.05) is 46.3 Å². The molecule has 2 atom stereocenters. The molecule has 2 aromatic carbocycles. The first-order chi connectivity index (χ1) is 14.8. The first-order valence-electron chi connectivity index (χ1n) is 9.96. The van der Waals surface area contributed by atoms with Gasteiger partial charge in [-0.05, 0) is 43.9 Å². The van der Waals surface area contributed by atoms with Crippen LogP contribution in [0.15, 0.2) is 47.4 Å². The highest BCUT2D eigenvalue weighted by Crippen LogP contribution is 2.49. The number of amides is 1. The molecule has 0 N–H and O–H groups in total. The largest absolute Gasteiger partial charge is 0.497 e. The molecule has 1 heterocycles. The normalized spacial score (nSPS) is 18.4. The molecular formula is C23H28N2O5S. The Morgan fingerprint density at radius 2 is 1.81 bits per heavy atom. The molecule has 1 aliphatic heterocycles. The summed E-state index contributed by atoms with van der Waals surface area (Å²) in [6.07, 6.45) is -0.977. The van der Waals surface area contributed by atoms with Gasteiger partial charge in [0.1, 0.15) is 11.5 Å². The van der Waals surface area contributed by atoms with Crippen LogP contribution in [0.1, 0.15) is 17.7 Å². The molecule has 8 heteroatoms. The molecule has 1 aliphatic rings. The van der Waals surface area contributed by atoms with Crippen LogP contribution in [0.2, 0.25) is 0 Å². The average molecular weight is 445 g/mol. The standard InChI is InChI=1S/C23H28N2O5S/c1-15(26)30-21-22(16-9-11-17(28-4)12-10-16)31-19-8-6-7-18(29-5)20(19)25(23(21)27)14-13-24(2)3/h6-12,21-22H,13-14H2,1-5H3. The molecule has 0 radical (unpaired) electrons. The van der Waals surface area contributed by atoms with Gasteiger partial charge in [-0.15, -0.1) is 11.8 Å². The van der Waals surface area contributed by atoms with Crippen molar-refractivity contribution in [1.82, 2.24) is 4.90 Å². The summed E-state index contributed by atoms with van der Waals surface area (Å²) in [4.78, 5) is 30.3. The van der Waals surface area contributed by atoms with Crippen LogP contribution in [0, 0.1) is 0 Å². The van der Waals surface area contributed by atoms with Gasteiger partial charge < -0.3 is 24.0 Å². The van der Waals surface area contributed by atoms with E-state index in [-0.39, 0.29) is 5.91 Å². The van der Waals surface area contributed by atoms with Crippen molar-refractivity contribution >= 4 is 29.3 Å². The number of anilines is 1. The lowest BCUT2D eigenvalue weighted by molar-refractivity contribution is -0.152. The fourth-order valence-corrected chi connectivity index (χ4v) is 4.81. The van der Waals surface area contributed by atoms with E-state index in [9.17, 15) is 9.59 Å². The van der Waals surface area contributed by atoms with Gasteiger partial charge in [-0.1, -0.05) is 18.2 Å². The summed E-state index contributed by atoms with van der Waals surface area (Å²) in [6, 6.07) is 13.2. The third-order valence-electron chi connectivity index (χ3n) is 5.00. The lowest BCUT2D eigenvalue weighted by Crippen LogP contribution is -2.45. The number of carbonyl (C=O) groups is 2. The lowest BCUT2D eigenvalue weighted by Gasteiger charge is -2.29. The molecule has 2 unspecified atom stereocenters. The van der Waals surface area contributed by atoms with Gasteiger partial charge in [0.25, 0.3) is 5.91 Å². The van der Waals surface area contributed by atoms with E-state index in [1.807, 2.05) is 61.5 Å². The van der Waals surface area contributed by atoms with E-state index in [0.717, 1.165) is 10.5 Å². The van der Waals surface area contributed by atoms with E-state index in [1.165, 1.54) is 18.7 Å². The molecule has 0 aliphatic carbocycles. The van der Waals surface area contributed by atoms with Crippen LogP contribution < -0.4 is 14.4 Å². The number of para-hydroxylation sites is 1. The SMILES string of the molecule is COc1ccc(C2Sc3cccc(OC)c3N(CCN(C)C)C(=O)C2OC(C)=O)cc1. The number of carbonyl (C=O) groups excluding carboxylic acids is 2. The molecular weight excluding hydrogens is 416 g/mol. The second-order valence-electron chi connectivity index (χ2n) is 7.44. The highest BCUT2D eigenvalue weighted by atomic mass is 32.2. The molecule has 3 rings (SSSR count). The van der Waals surface area contributed by atoms with Crippen LogP contribution in [0.25, 0.3) is 0 Å². The van der Waals surface area contributed by atoms with Gasteiger partial charge in [0.2, 0.25) is 0 Å². The minimum absolute atomic E-state index is 0.270. The topological polar surface area (TPSA) is 68.3 Å². The van der Waals surface area contributed by atoms with Crippen LogP contribution in [0.4, 0.5) is 5.69 Å². The van der Waals surface area contributed by atoms with Crippen LogP contribution in [0.5, 0.6) is 11.5 Å². The van der Waals surface area contributed by atoms with Crippen LogP contribution in [0.3, 0.4) is 0 Å². The van der Waals surface area contributed by atoms with Crippen molar-refractivity contribution in [3.8, 4) is 11.5 Å². The molecule has 1 amide bonds. The summed E-state index contributed by atoms with van der Waals surface area (Å²) in [5, 5.41) is -0.419. The number of hydrogen-bond acceptors (Lipinski definition) is 7. The summed E-state index contributed by atoms with van der Waals surface area (Å²) >= 11 is 1.49. The Morgan fingerprint density at radius 1 is 1.10 bits per heavy atom. The number of likely N-dealkylation sites (N-methyl/N-ethyl adjacent to an activating group) is 1. The molecule has 0 spiro atoms. The summed E-state index contributed by atoms with van der Waals surface area (Å²) in [5.41, 5.74) is 1.57. The Labute approximate surface area is 187 Å². The van der Waals surface area contributed by atoms with Crippen molar-refractivity contribution in [2.24, 2.45) is 0 Å². The number of hydrogen-bond donors (Lipinski definition) is 0. The zero-order chi connectivity index (χ0) is 22.5. The van der Waals surface area contributed by atoms with Crippen LogP contribution >= 0.6 is 11.8 Å². The van der Waals surface area contributed by atoms with Gasteiger partial charge in [0.05, 0.1) is 25.2 Å². The van der Waals surface area contributed by atoms with Crippen LogP contribution in [-0.2, 0) is 14.3 Å². The number of methoxy groups -OCH3 is 2. The fraction of sp³-hybridized carbons (Fsp3) is 0.391. The number of nitrogens with zero attached hydrogens (tertiary/aromatic N) is 2. The molecule has 166 valence electrons. The van der Waals surface area contributed by atoms with E-state index in [0.29, 0.717) is 30.3 Å². The maximum atomic E-state index is 13.8. The quantitative estimate of drug-likeness (QED) is 0.607.